The molecule has 0 aliphatic heterocycles. The zero-order valence-corrected chi connectivity index (χ0v) is 16.1. The molecule has 126 valence electrons. The van der Waals surface area contributed by atoms with Crippen LogP contribution in [0.4, 0.5) is 0 Å². The number of unbranched alkanes of at least 4 members (excludes halogenated alkanes) is 9. The van der Waals surface area contributed by atoms with Crippen LogP contribution in [-0.4, -0.2) is 4.98 Å². The van der Waals surface area contributed by atoms with Crippen molar-refractivity contribution >= 4 is 26.8 Å². The van der Waals surface area contributed by atoms with Gasteiger partial charge in [0.05, 0.1) is 5.52 Å². The van der Waals surface area contributed by atoms with Crippen LogP contribution in [0.3, 0.4) is 0 Å². The first-order chi connectivity index (χ1) is 11.3. The highest BCUT2D eigenvalue weighted by Gasteiger charge is 2.04. The van der Waals surface area contributed by atoms with Gasteiger partial charge in [0.1, 0.15) is 4.60 Å². The van der Waals surface area contributed by atoms with Gasteiger partial charge in [-0.3, -0.25) is 0 Å². The predicted molar refractivity (Wildman–Crippen MR) is 105 cm³/mol. The van der Waals surface area contributed by atoms with Gasteiger partial charge in [0.25, 0.3) is 0 Å². The molecule has 0 atom stereocenters. The average Bonchev–Trinajstić information content (AvgIpc) is 2.57. The molecule has 0 fully saturated rings. The second-order valence-electron chi connectivity index (χ2n) is 6.56. The van der Waals surface area contributed by atoms with Crippen molar-refractivity contribution in [2.45, 2.75) is 77.6 Å². The topological polar surface area (TPSA) is 12.9 Å². The van der Waals surface area contributed by atoms with E-state index in [0.717, 1.165) is 16.5 Å². The molecule has 0 amide bonds. The summed E-state index contributed by atoms with van der Waals surface area (Å²) in [5, 5.41) is 1.25. The van der Waals surface area contributed by atoms with Gasteiger partial charge in [-0.25, -0.2) is 4.98 Å². The van der Waals surface area contributed by atoms with Gasteiger partial charge in [0, 0.05) is 5.39 Å². The van der Waals surface area contributed by atoms with E-state index in [2.05, 4.69) is 52.1 Å². The number of hydrogen-bond donors (Lipinski definition) is 0. The second kappa shape index (κ2) is 10.8. The van der Waals surface area contributed by atoms with E-state index in [1.54, 1.807) is 0 Å². The average molecular weight is 376 g/mol. The molecule has 0 saturated heterocycles. The summed E-state index contributed by atoms with van der Waals surface area (Å²) in [6, 6.07) is 10.6. The molecule has 1 nitrogen and oxygen atoms in total. The first-order valence-electron chi connectivity index (χ1n) is 9.35. The molecule has 1 aromatic heterocycles. The molecule has 2 aromatic rings. The van der Waals surface area contributed by atoms with Crippen molar-refractivity contribution in [1.29, 1.82) is 0 Å². The largest absolute Gasteiger partial charge is 0.241 e. The van der Waals surface area contributed by atoms with Crippen LogP contribution < -0.4 is 0 Å². The number of fused-ring (bicyclic) bond motifs is 1. The number of aryl methyl sites for hydroxylation is 1. The molecule has 0 aliphatic carbocycles. The molecule has 0 unspecified atom stereocenters. The highest BCUT2D eigenvalue weighted by Crippen LogP contribution is 2.23. The van der Waals surface area contributed by atoms with Gasteiger partial charge in [-0.05, 0) is 46.5 Å². The van der Waals surface area contributed by atoms with E-state index in [1.165, 1.54) is 75.2 Å². The summed E-state index contributed by atoms with van der Waals surface area (Å²) in [5.41, 5.74) is 2.43. The Morgan fingerprint density at radius 3 is 2.13 bits per heavy atom. The van der Waals surface area contributed by atoms with Gasteiger partial charge in [-0.2, -0.15) is 0 Å². The van der Waals surface area contributed by atoms with Crippen LogP contribution in [0.1, 0.15) is 76.7 Å². The van der Waals surface area contributed by atoms with Crippen LogP contribution in [0.25, 0.3) is 10.9 Å². The van der Waals surface area contributed by atoms with Crippen LogP contribution in [0.5, 0.6) is 0 Å². The third-order valence-corrected chi connectivity index (χ3v) is 5.24. The third-order valence-electron chi connectivity index (χ3n) is 4.55. The summed E-state index contributed by atoms with van der Waals surface area (Å²) in [6.07, 6.45) is 15.0. The fourth-order valence-electron chi connectivity index (χ4n) is 3.11. The van der Waals surface area contributed by atoms with Crippen molar-refractivity contribution in [1.82, 2.24) is 4.98 Å². The van der Waals surface area contributed by atoms with Gasteiger partial charge in [0.15, 0.2) is 0 Å². The van der Waals surface area contributed by atoms with E-state index in [9.17, 15) is 0 Å². The molecule has 0 spiro atoms. The van der Waals surface area contributed by atoms with E-state index >= 15 is 0 Å². The number of aromatic nitrogens is 1. The van der Waals surface area contributed by atoms with Crippen molar-refractivity contribution in [3.05, 3.63) is 40.5 Å². The van der Waals surface area contributed by atoms with Gasteiger partial charge in [0.2, 0.25) is 0 Å². The van der Waals surface area contributed by atoms with E-state index in [4.69, 9.17) is 0 Å². The Morgan fingerprint density at radius 1 is 0.826 bits per heavy atom. The summed E-state index contributed by atoms with van der Waals surface area (Å²) >= 11 is 3.63. The molecule has 1 aromatic carbocycles. The third kappa shape index (κ3) is 6.63. The lowest BCUT2D eigenvalue weighted by atomic mass is 10.0. The number of para-hydroxylation sites is 1. The van der Waals surface area contributed by atoms with Gasteiger partial charge >= 0.3 is 0 Å². The number of rotatable bonds is 11. The molecular weight excluding hydrogens is 346 g/mol. The van der Waals surface area contributed by atoms with Crippen molar-refractivity contribution in [2.24, 2.45) is 0 Å². The van der Waals surface area contributed by atoms with Crippen LogP contribution in [0.2, 0.25) is 0 Å². The number of pyridine rings is 1. The fraction of sp³-hybridized carbons (Fsp3) is 0.571. The summed E-state index contributed by atoms with van der Waals surface area (Å²) in [4.78, 5) is 4.66. The van der Waals surface area contributed by atoms with Gasteiger partial charge in [-0.1, -0.05) is 82.9 Å². The lowest BCUT2D eigenvalue weighted by Crippen LogP contribution is -1.92. The summed E-state index contributed by atoms with van der Waals surface area (Å²) in [5.74, 6) is 0. The van der Waals surface area contributed by atoms with Crippen LogP contribution in [-0.2, 0) is 6.42 Å². The second-order valence-corrected chi connectivity index (χ2v) is 7.31. The van der Waals surface area contributed by atoms with E-state index in [1.807, 2.05) is 6.07 Å². The molecule has 0 aliphatic rings. The molecule has 0 saturated carbocycles. The van der Waals surface area contributed by atoms with Crippen molar-refractivity contribution in [3.8, 4) is 0 Å². The number of hydrogen-bond acceptors (Lipinski definition) is 1. The predicted octanol–water partition coefficient (Wildman–Crippen LogP) is 7.46. The first kappa shape index (κ1) is 18.4. The lowest BCUT2D eigenvalue weighted by molar-refractivity contribution is 0.556. The minimum Gasteiger partial charge on any atom is -0.241 e. The fourth-order valence-corrected chi connectivity index (χ4v) is 3.62. The number of nitrogens with zero attached hydrogens (tertiary/aromatic N) is 1. The Hall–Kier alpha value is -0.890. The number of halogens is 1. The molecule has 0 radical (unpaired) electrons. The van der Waals surface area contributed by atoms with Crippen LogP contribution >= 0.6 is 15.9 Å². The molecule has 2 heteroatoms. The summed E-state index contributed by atoms with van der Waals surface area (Å²) < 4.78 is 1.02. The smallest absolute Gasteiger partial charge is 0.110 e. The monoisotopic (exact) mass is 375 g/mol. The SMILES string of the molecule is CCCCCCCCCCCCc1cc2ccccc2nc1Br. The van der Waals surface area contributed by atoms with Gasteiger partial charge in [-0.15, -0.1) is 0 Å². The Balaban J connectivity index is 1.62. The Morgan fingerprint density at radius 2 is 1.43 bits per heavy atom. The zero-order chi connectivity index (χ0) is 16.3. The van der Waals surface area contributed by atoms with Crippen molar-refractivity contribution in [3.63, 3.8) is 0 Å². The van der Waals surface area contributed by atoms with E-state index in [-0.39, 0.29) is 0 Å². The molecule has 2 rings (SSSR count). The molecule has 1 heterocycles. The molecule has 0 N–H and O–H groups in total. The van der Waals surface area contributed by atoms with Crippen LogP contribution in [0, 0.1) is 0 Å². The quantitative estimate of drug-likeness (QED) is 0.293. The summed E-state index contributed by atoms with van der Waals surface area (Å²) in [6.45, 7) is 2.28. The van der Waals surface area contributed by atoms with Crippen molar-refractivity contribution < 1.29 is 0 Å². The molecule has 23 heavy (non-hydrogen) atoms. The van der Waals surface area contributed by atoms with Crippen molar-refractivity contribution in [2.75, 3.05) is 0 Å². The standard InChI is InChI=1S/C21H30BrN/c1-2-3-4-5-6-7-8-9-10-11-15-19-17-18-14-12-13-16-20(18)23-21(19)22/h12-14,16-17H,2-11,15H2,1H3. The zero-order valence-electron chi connectivity index (χ0n) is 14.5. The molecule has 0 bridgehead atoms. The van der Waals surface area contributed by atoms with Gasteiger partial charge < -0.3 is 0 Å². The minimum absolute atomic E-state index is 1.02. The Labute approximate surface area is 150 Å². The number of benzene rings is 1. The van der Waals surface area contributed by atoms with E-state index in [0.29, 0.717) is 0 Å². The maximum absolute atomic E-state index is 4.66. The highest BCUT2D eigenvalue weighted by molar-refractivity contribution is 9.10. The maximum Gasteiger partial charge on any atom is 0.110 e. The maximum atomic E-state index is 4.66. The summed E-state index contributed by atoms with van der Waals surface area (Å²) in [7, 11) is 0. The molecular formula is C21H30BrN. The Bertz CT molecular complexity index is 579. The van der Waals surface area contributed by atoms with Crippen LogP contribution in [0.15, 0.2) is 34.9 Å². The lowest BCUT2D eigenvalue weighted by Gasteiger charge is -2.06. The minimum atomic E-state index is 1.02. The highest BCUT2D eigenvalue weighted by atomic mass is 79.9. The van der Waals surface area contributed by atoms with E-state index < -0.39 is 0 Å². The normalized spacial score (nSPS) is 11.2. The Kier molecular flexibility index (Phi) is 8.67. The first-order valence-corrected chi connectivity index (χ1v) is 10.1.